The lowest BCUT2D eigenvalue weighted by Crippen LogP contribution is -2.26. The molecule has 0 radical (unpaired) electrons. The van der Waals surface area contributed by atoms with Gasteiger partial charge in [-0.3, -0.25) is 0 Å². The number of allylic oxidation sites excluding steroid dienone is 1. The molecule has 168 valence electrons. The van der Waals surface area contributed by atoms with E-state index in [9.17, 15) is 0 Å². The molecule has 1 saturated carbocycles. The van der Waals surface area contributed by atoms with E-state index in [1.807, 2.05) is 12.1 Å². The molecule has 0 unspecified atom stereocenters. The molecule has 3 rings (SSSR count). The van der Waals surface area contributed by atoms with Crippen LogP contribution in [0.1, 0.15) is 89.9 Å². The van der Waals surface area contributed by atoms with Crippen LogP contribution in [0.2, 0.25) is 0 Å². The highest BCUT2D eigenvalue weighted by molar-refractivity contribution is 5.28. The number of hydrogen-bond donors (Lipinski definition) is 0. The largest absolute Gasteiger partial charge is 0.490 e. The van der Waals surface area contributed by atoms with Gasteiger partial charge < -0.3 is 14.2 Å². The van der Waals surface area contributed by atoms with Gasteiger partial charge in [-0.1, -0.05) is 70.2 Å². The van der Waals surface area contributed by atoms with Crippen LogP contribution in [0.3, 0.4) is 0 Å². The first-order chi connectivity index (χ1) is 14.8. The molecular formula is C27H42O3. The van der Waals surface area contributed by atoms with Crippen molar-refractivity contribution in [2.24, 2.45) is 17.8 Å². The van der Waals surface area contributed by atoms with Crippen LogP contribution in [0.5, 0.6) is 5.75 Å². The Kier molecular flexibility index (Phi) is 10.2. The molecule has 1 aliphatic carbocycles. The summed E-state index contributed by atoms with van der Waals surface area (Å²) in [6.45, 7) is 6.73. The highest BCUT2D eigenvalue weighted by atomic mass is 16.7. The second-order valence-corrected chi connectivity index (χ2v) is 9.24. The van der Waals surface area contributed by atoms with Crippen molar-refractivity contribution in [2.45, 2.75) is 84.3 Å². The molecule has 1 heterocycles. The minimum absolute atomic E-state index is 0.232. The van der Waals surface area contributed by atoms with Gasteiger partial charge in [0.25, 0.3) is 0 Å². The standard InChI is InChI=1S/C27H42O3/c1-3-5-6-9-22-11-13-23(14-12-22)10-7-19-28-26-17-15-25(16-18-26)27-29-20-24(8-4-2)21-30-27/h7,10,15-18,22-24,27H,3-6,8-9,11-14,19-21H2,1-2H3/b10-7+. The van der Waals surface area contributed by atoms with Crippen molar-refractivity contribution in [3.63, 3.8) is 0 Å². The van der Waals surface area contributed by atoms with Crippen LogP contribution in [0.15, 0.2) is 36.4 Å². The van der Waals surface area contributed by atoms with Crippen molar-refractivity contribution in [1.82, 2.24) is 0 Å². The predicted molar refractivity (Wildman–Crippen MR) is 124 cm³/mol. The topological polar surface area (TPSA) is 27.7 Å². The van der Waals surface area contributed by atoms with Crippen LogP contribution in [0.4, 0.5) is 0 Å². The van der Waals surface area contributed by atoms with E-state index in [2.05, 4.69) is 38.1 Å². The molecule has 3 heteroatoms. The summed E-state index contributed by atoms with van der Waals surface area (Å²) in [6, 6.07) is 8.17. The lowest BCUT2D eigenvalue weighted by molar-refractivity contribution is -0.206. The van der Waals surface area contributed by atoms with E-state index in [4.69, 9.17) is 14.2 Å². The Morgan fingerprint density at radius 3 is 2.27 bits per heavy atom. The van der Waals surface area contributed by atoms with Gasteiger partial charge in [0, 0.05) is 11.5 Å². The van der Waals surface area contributed by atoms with Crippen molar-refractivity contribution >= 4 is 0 Å². The summed E-state index contributed by atoms with van der Waals surface area (Å²) in [7, 11) is 0. The smallest absolute Gasteiger partial charge is 0.183 e. The Hall–Kier alpha value is -1.32. The van der Waals surface area contributed by atoms with Gasteiger partial charge in [0.05, 0.1) is 13.2 Å². The Balaban J connectivity index is 1.32. The molecule has 0 spiro atoms. The second-order valence-electron chi connectivity index (χ2n) is 9.24. The van der Waals surface area contributed by atoms with Gasteiger partial charge in [0.15, 0.2) is 6.29 Å². The number of ether oxygens (including phenoxy) is 3. The average molecular weight is 415 g/mol. The Morgan fingerprint density at radius 2 is 1.60 bits per heavy atom. The first-order valence-electron chi connectivity index (χ1n) is 12.4. The molecule has 2 fully saturated rings. The van der Waals surface area contributed by atoms with Gasteiger partial charge in [-0.15, -0.1) is 0 Å². The van der Waals surface area contributed by atoms with Crippen LogP contribution in [0.25, 0.3) is 0 Å². The van der Waals surface area contributed by atoms with Gasteiger partial charge in [-0.05, 0) is 56.1 Å². The summed E-state index contributed by atoms with van der Waals surface area (Å²) >= 11 is 0. The molecule has 0 amide bonds. The maximum absolute atomic E-state index is 5.91. The van der Waals surface area contributed by atoms with Gasteiger partial charge in [0.1, 0.15) is 12.4 Å². The quantitative estimate of drug-likeness (QED) is 0.278. The number of benzene rings is 1. The SMILES string of the molecule is CCCCCC1CCC(/C=C/COc2ccc(C3OCC(CCC)CO3)cc2)CC1. The van der Waals surface area contributed by atoms with Gasteiger partial charge >= 0.3 is 0 Å². The Bertz CT molecular complexity index is 593. The van der Waals surface area contributed by atoms with Crippen molar-refractivity contribution < 1.29 is 14.2 Å². The summed E-state index contributed by atoms with van der Waals surface area (Å²) < 4.78 is 17.7. The zero-order valence-corrected chi connectivity index (χ0v) is 19.2. The molecule has 0 N–H and O–H groups in total. The highest BCUT2D eigenvalue weighted by Gasteiger charge is 2.23. The first kappa shape index (κ1) is 23.3. The van der Waals surface area contributed by atoms with E-state index >= 15 is 0 Å². The monoisotopic (exact) mass is 414 g/mol. The average Bonchev–Trinajstić information content (AvgIpc) is 2.79. The highest BCUT2D eigenvalue weighted by Crippen LogP contribution is 2.33. The predicted octanol–water partition coefficient (Wildman–Crippen LogP) is 7.47. The molecule has 0 bridgehead atoms. The molecule has 0 atom stereocenters. The van der Waals surface area contributed by atoms with E-state index in [1.54, 1.807) is 0 Å². The Morgan fingerprint density at radius 1 is 0.867 bits per heavy atom. The molecule has 2 aliphatic rings. The second kappa shape index (κ2) is 13.2. The molecular weight excluding hydrogens is 372 g/mol. The number of hydrogen-bond acceptors (Lipinski definition) is 3. The van der Waals surface area contributed by atoms with Crippen molar-refractivity contribution in [3.8, 4) is 5.75 Å². The third-order valence-electron chi connectivity index (χ3n) is 6.68. The fraction of sp³-hybridized carbons (Fsp3) is 0.704. The molecule has 1 saturated heterocycles. The summed E-state index contributed by atoms with van der Waals surface area (Å²) in [4.78, 5) is 0. The van der Waals surface area contributed by atoms with E-state index in [0.717, 1.165) is 36.4 Å². The lowest BCUT2D eigenvalue weighted by Gasteiger charge is -2.29. The number of rotatable bonds is 11. The van der Waals surface area contributed by atoms with Crippen LogP contribution >= 0.6 is 0 Å². The third-order valence-corrected chi connectivity index (χ3v) is 6.68. The summed E-state index contributed by atoms with van der Waals surface area (Å²) in [5, 5.41) is 0. The van der Waals surface area contributed by atoms with Crippen LogP contribution < -0.4 is 4.74 Å². The van der Waals surface area contributed by atoms with Gasteiger partial charge in [0.2, 0.25) is 0 Å². The maximum Gasteiger partial charge on any atom is 0.183 e. The maximum atomic E-state index is 5.91. The van der Waals surface area contributed by atoms with E-state index in [0.29, 0.717) is 12.5 Å². The minimum Gasteiger partial charge on any atom is -0.490 e. The van der Waals surface area contributed by atoms with Gasteiger partial charge in [-0.25, -0.2) is 0 Å². The summed E-state index contributed by atoms with van der Waals surface area (Å²) in [6.07, 6.45) is 17.8. The lowest BCUT2D eigenvalue weighted by atomic mass is 9.79. The zero-order chi connectivity index (χ0) is 21.0. The third kappa shape index (κ3) is 7.74. The van der Waals surface area contributed by atoms with Crippen LogP contribution in [-0.2, 0) is 9.47 Å². The van der Waals surface area contributed by atoms with Crippen molar-refractivity contribution in [1.29, 1.82) is 0 Å². The summed E-state index contributed by atoms with van der Waals surface area (Å²) in [5.74, 6) is 3.17. The molecule has 1 aromatic rings. The first-order valence-corrected chi connectivity index (χ1v) is 12.4. The fourth-order valence-electron chi connectivity index (χ4n) is 4.78. The molecule has 0 aromatic heterocycles. The minimum atomic E-state index is -0.232. The molecule has 30 heavy (non-hydrogen) atoms. The van der Waals surface area contributed by atoms with E-state index < -0.39 is 0 Å². The van der Waals surface area contributed by atoms with Crippen molar-refractivity contribution in [2.75, 3.05) is 19.8 Å². The summed E-state index contributed by atoms with van der Waals surface area (Å²) in [5.41, 5.74) is 1.07. The van der Waals surface area contributed by atoms with Crippen molar-refractivity contribution in [3.05, 3.63) is 42.0 Å². The fourth-order valence-corrected chi connectivity index (χ4v) is 4.78. The molecule has 3 nitrogen and oxygen atoms in total. The number of unbranched alkanes of at least 4 members (excludes halogenated alkanes) is 2. The Labute approximate surface area is 184 Å². The normalized spacial score (nSPS) is 27.4. The zero-order valence-electron chi connectivity index (χ0n) is 19.2. The van der Waals surface area contributed by atoms with E-state index in [-0.39, 0.29) is 6.29 Å². The van der Waals surface area contributed by atoms with Crippen LogP contribution in [-0.4, -0.2) is 19.8 Å². The van der Waals surface area contributed by atoms with Gasteiger partial charge in [-0.2, -0.15) is 0 Å². The van der Waals surface area contributed by atoms with Crippen LogP contribution in [0, 0.1) is 17.8 Å². The van der Waals surface area contributed by atoms with E-state index in [1.165, 1.54) is 64.2 Å². The molecule has 1 aromatic carbocycles. The molecule has 1 aliphatic heterocycles.